The van der Waals surface area contributed by atoms with Crippen LogP contribution in [0.2, 0.25) is 13.1 Å². The van der Waals surface area contributed by atoms with E-state index >= 15 is 0 Å². The molecule has 2 atom stereocenters. The summed E-state index contributed by atoms with van der Waals surface area (Å²) in [7, 11) is 21.4. The summed E-state index contributed by atoms with van der Waals surface area (Å²) in [5, 5.41) is 0. The van der Waals surface area contributed by atoms with Crippen LogP contribution in [0.1, 0.15) is 74.8 Å². The zero-order chi connectivity index (χ0) is 39.9. The average molecular weight is 879 g/mol. The van der Waals surface area contributed by atoms with E-state index in [4.69, 9.17) is 35.3 Å². The first-order valence-corrected chi connectivity index (χ1v) is 34.5. The number of hydrogen-bond donors (Lipinski definition) is 0. The van der Waals surface area contributed by atoms with Crippen molar-refractivity contribution in [3.63, 3.8) is 0 Å². The van der Waals surface area contributed by atoms with Crippen LogP contribution in [0.3, 0.4) is 0 Å². The van der Waals surface area contributed by atoms with E-state index < -0.39 is 20.4 Å². The third-order valence-corrected chi connectivity index (χ3v) is 58.7. The summed E-state index contributed by atoms with van der Waals surface area (Å²) in [4.78, 5) is 0. The Bertz CT molecular complexity index is 2560. The zero-order valence-corrected chi connectivity index (χ0v) is 38.8. The fourth-order valence-electron chi connectivity index (χ4n) is 9.32. The molecule has 2 aliphatic rings. The Morgan fingerprint density at radius 2 is 0.982 bits per heavy atom. The van der Waals surface area contributed by atoms with Crippen LogP contribution >= 0.6 is 17.0 Å². The van der Waals surface area contributed by atoms with E-state index in [1.54, 1.807) is 14.2 Å². The molecule has 0 saturated carbocycles. The maximum absolute atomic E-state index is 8.99. The van der Waals surface area contributed by atoms with Crippen LogP contribution in [-0.4, -0.2) is 19.7 Å². The number of halogens is 2. The van der Waals surface area contributed by atoms with Gasteiger partial charge < -0.3 is 0 Å². The van der Waals surface area contributed by atoms with Crippen molar-refractivity contribution in [2.75, 3.05) is 14.2 Å². The van der Waals surface area contributed by atoms with Crippen LogP contribution in [0, 0.1) is 41.5 Å². The van der Waals surface area contributed by atoms with Crippen LogP contribution in [0.5, 0.6) is 11.5 Å². The van der Waals surface area contributed by atoms with Crippen molar-refractivity contribution < 1.29 is 33.3 Å². The molecule has 0 fully saturated rings. The molecule has 8 rings (SSSR count). The Morgan fingerprint density at radius 1 is 0.571 bits per heavy atom. The molecule has 0 aliphatic heterocycles. The molecule has 0 saturated heterocycles. The molecule has 2 aromatic heterocycles. The van der Waals surface area contributed by atoms with E-state index in [0.29, 0.717) is 0 Å². The van der Waals surface area contributed by atoms with Gasteiger partial charge >= 0.3 is 341 Å². The molecule has 56 heavy (non-hydrogen) atoms. The van der Waals surface area contributed by atoms with Crippen LogP contribution in [0.4, 0.5) is 0 Å². The van der Waals surface area contributed by atoms with Crippen molar-refractivity contribution >= 4 is 45.8 Å². The number of ether oxygens (including phenoxy) is 2. The number of furan rings is 2. The van der Waals surface area contributed by atoms with E-state index in [-0.39, 0.29) is 7.25 Å². The topological polar surface area (TPSA) is 44.7 Å². The van der Waals surface area contributed by atoms with E-state index in [1.165, 1.54) is 44.5 Å². The van der Waals surface area contributed by atoms with Crippen molar-refractivity contribution in [3.05, 3.63) is 152 Å². The van der Waals surface area contributed by atoms with Crippen LogP contribution < -0.4 is 9.47 Å². The summed E-state index contributed by atoms with van der Waals surface area (Å²) in [6.07, 6.45) is 4.67. The summed E-state index contributed by atoms with van der Waals surface area (Å²) in [5.41, 5.74) is 14.7. The standard InChI is InChI=1S/2C23H21O2.C2H6Si.2ClH.Zr/c2*1-14-10-18-11-19(22-9-8-15(2)25-22)13-21(18)23(16(14)3)17-6-5-7-20(12-17)24-4;1-3-2;;;/h2*5-13H,1-4H3;1-2H3;2*1H;/q;;;;;+2/p-2. The number of methoxy groups -OCH3 is 2. The van der Waals surface area contributed by atoms with E-state index in [9.17, 15) is 0 Å². The summed E-state index contributed by atoms with van der Waals surface area (Å²) >= 11 is -5.47. The molecule has 0 radical (unpaired) electrons. The second-order valence-electron chi connectivity index (χ2n) is 15.9. The molecule has 286 valence electrons. The summed E-state index contributed by atoms with van der Waals surface area (Å²) in [6.45, 7) is 17.5. The van der Waals surface area contributed by atoms with Gasteiger partial charge in [-0.3, -0.25) is 0 Å². The molecule has 2 heterocycles. The van der Waals surface area contributed by atoms with Gasteiger partial charge in [-0.2, -0.15) is 0 Å². The summed E-state index contributed by atoms with van der Waals surface area (Å²) in [6, 6.07) is 29.7. The normalized spacial score (nSPS) is 16.4. The number of fused-ring (bicyclic) bond motifs is 2. The first-order chi connectivity index (χ1) is 26.6. The Hall–Kier alpha value is -3.80. The second-order valence-corrected chi connectivity index (χ2v) is 54.7. The van der Waals surface area contributed by atoms with Gasteiger partial charge in [0.1, 0.15) is 0 Å². The SMILES string of the molecule is COc1cccc(-c2c(C)c(C)cc3c2C=C(c2ccc(C)o2)[CH]3[Zr]([Cl])([Cl])([CH]2C(c3ccc(C)o3)=Cc3c2cc(C)c(C)c3-c2cccc(OC)c2)=[Si](C)C)c1. The van der Waals surface area contributed by atoms with Gasteiger partial charge in [-0.25, -0.2) is 0 Å². The molecule has 0 spiro atoms. The van der Waals surface area contributed by atoms with Crippen molar-refractivity contribution in [1.29, 1.82) is 0 Å². The Morgan fingerprint density at radius 3 is 1.32 bits per heavy atom. The first-order valence-electron chi connectivity index (χ1n) is 19.2. The van der Waals surface area contributed by atoms with Crippen LogP contribution in [-0.2, 0) is 15.0 Å². The molecule has 4 aromatic carbocycles. The van der Waals surface area contributed by atoms with E-state index in [0.717, 1.165) is 67.9 Å². The predicted molar refractivity (Wildman–Crippen MR) is 233 cm³/mol. The second kappa shape index (κ2) is 14.2. The Balaban J connectivity index is 1.49. The van der Waals surface area contributed by atoms with Gasteiger partial charge in [0.05, 0.1) is 0 Å². The Kier molecular flexibility index (Phi) is 9.93. The molecule has 0 amide bonds. The number of benzene rings is 4. The molecular formula is C48H48Cl2O4SiZr. The molecule has 8 heteroatoms. The maximum atomic E-state index is 8.99. The molecule has 2 unspecified atom stereocenters. The molecule has 4 nitrogen and oxygen atoms in total. The van der Waals surface area contributed by atoms with Crippen LogP contribution in [0.15, 0.2) is 93.8 Å². The average Bonchev–Trinajstić information content (AvgIpc) is 3.98. The van der Waals surface area contributed by atoms with Crippen molar-refractivity contribution in [2.24, 2.45) is 0 Å². The zero-order valence-electron chi connectivity index (χ0n) is 33.8. The monoisotopic (exact) mass is 876 g/mol. The van der Waals surface area contributed by atoms with Gasteiger partial charge in [-0.1, -0.05) is 0 Å². The van der Waals surface area contributed by atoms with Crippen LogP contribution in [0.25, 0.3) is 45.6 Å². The summed E-state index contributed by atoms with van der Waals surface area (Å²) in [5.74, 6) is 4.95. The molecular weight excluding hydrogens is 831 g/mol. The Labute approximate surface area is 338 Å². The number of aryl methyl sites for hydroxylation is 4. The molecule has 6 aromatic rings. The minimum absolute atomic E-state index is 0.273. The van der Waals surface area contributed by atoms with E-state index in [1.807, 2.05) is 38.1 Å². The number of rotatable bonds is 8. The minimum atomic E-state index is -5.47. The fourth-order valence-corrected chi connectivity index (χ4v) is 36.9. The van der Waals surface area contributed by atoms with Crippen molar-refractivity contribution in [3.8, 4) is 33.8 Å². The van der Waals surface area contributed by atoms with Gasteiger partial charge in [0.15, 0.2) is 0 Å². The van der Waals surface area contributed by atoms with Gasteiger partial charge in [0.2, 0.25) is 0 Å². The third kappa shape index (κ3) is 6.01. The molecule has 0 N–H and O–H groups in total. The van der Waals surface area contributed by atoms with Gasteiger partial charge in [-0.05, 0) is 0 Å². The summed E-state index contributed by atoms with van der Waals surface area (Å²) < 4.78 is 24.0. The quantitative estimate of drug-likeness (QED) is 0.143. The van der Waals surface area contributed by atoms with Crippen molar-refractivity contribution in [2.45, 2.75) is 61.9 Å². The number of hydrogen-bond acceptors (Lipinski definition) is 4. The first kappa shape index (κ1) is 39.0. The van der Waals surface area contributed by atoms with Crippen molar-refractivity contribution in [1.82, 2.24) is 0 Å². The fraction of sp³-hybridized carbons (Fsp3) is 0.250. The van der Waals surface area contributed by atoms with Gasteiger partial charge in [-0.15, -0.1) is 0 Å². The van der Waals surface area contributed by atoms with Gasteiger partial charge in [0.25, 0.3) is 0 Å². The van der Waals surface area contributed by atoms with E-state index in [2.05, 4.69) is 114 Å². The predicted octanol–water partition coefficient (Wildman–Crippen LogP) is 14.2. The number of allylic oxidation sites excluding steroid dienone is 2. The van der Waals surface area contributed by atoms with Gasteiger partial charge in [0, 0.05) is 0 Å². The third-order valence-electron chi connectivity index (χ3n) is 12.5. The molecule has 0 bridgehead atoms. The molecule has 2 aliphatic carbocycles.